The summed E-state index contributed by atoms with van der Waals surface area (Å²) >= 11 is 0. The third-order valence-corrected chi connectivity index (χ3v) is 5.92. The smallest absolute Gasteiger partial charge is 0.261 e. The van der Waals surface area contributed by atoms with E-state index in [4.69, 9.17) is 4.98 Å². The number of nitrogens with zero attached hydrogens (tertiary/aromatic N) is 4. The summed E-state index contributed by atoms with van der Waals surface area (Å²) in [5.74, 6) is 0.787. The summed E-state index contributed by atoms with van der Waals surface area (Å²) in [4.78, 5) is 37.8. The minimum absolute atomic E-state index is 0.0466. The molecule has 0 saturated heterocycles. The minimum atomic E-state index is -0.259. The highest BCUT2D eigenvalue weighted by Crippen LogP contribution is 2.25. The molecule has 0 aliphatic heterocycles. The zero-order chi connectivity index (χ0) is 22.9. The van der Waals surface area contributed by atoms with Crippen LogP contribution in [-0.2, 0) is 17.8 Å². The lowest BCUT2D eigenvalue weighted by Gasteiger charge is -2.32. The fraction of sp³-hybridized carbons (Fsp3) is 0.462. The van der Waals surface area contributed by atoms with Crippen LogP contribution < -0.4 is 5.56 Å². The Morgan fingerprint density at radius 1 is 1.06 bits per heavy atom. The summed E-state index contributed by atoms with van der Waals surface area (Å²) in [6, 6.07) is 13.0. The molecule has 0 bridgehead atoms. The molecule has 1 amide bonds. The Balaban J connectivity index is 2.00. The van der Waals surface area contributed by atoms with Crippen LogP contribution in [0.1, 0.15) is 70.4 Å². The Labute approximate surface area is 190 Å². The Kier molecular flexibility index (Phi) is 8.54. The van der Waals surface area contributed by atoms with E-state index in [9.17, 15) is 9.59 Å². The van der Waals surface area contributed by atoms with Crippen molar-refractivity contribution in [3.63, 3.8) is 0 Å². The number of aromatic nitrogens is 3. The lowest BCUT2D eigenvalue weighted by Crippen LogP contribution is -2.40. The third kappa shape index (κ3) is 5.42. The van der Waals surface area contributed by atoms with E-state index in [-0.39, 0.29) is 17.5 Å². The molecule has 0 radical (unpaired) electrons. The molecule has 32 heavy (non-hydrogen) atoms. The molecule has 0 fully saturated rings. The second kappa shape index (κ2) is 11.6. The molecule has 0 N–H and O–H groups in total. The van der Waals surface area contributed by atoms with E-state index in [0.717, 1.165) is 25.0 Å². The maximum Gasteiger partial charge on any atom is 0.261 e. The maximum absolute atomic E-state index is 13.4. The molecule has 1 atom stereocenters. The van der Waals surface area contributed by atoms with Crippen LogP contribution in [0, 0.1) is 0 Å². The molecule has 0 spiro atoms. The zero-order valence-electron chi connectivity index (χ0n) is 19.5. The number of rotatable bonds is 11. The van der Waals surface area contributed by atoms with Crippen molar-refractivity contribution in [3.05, 3.63) is 70.5 Å². The molecule has 2 aromatic heterocycles. The lowest BCUT2D eigenvalue weighted by molar-refractivity contribution is -0.134. The molecular weight excluding hydrogens is 400 g/mol. The largest absolute Gasteiger partial charge is 0.332 e. The predicted molar refractivity (Wildman–Crippen MR) is 129 cm³/mol. The second-order valence-corrected chi connectivity index (χ2v) is 8.08. The molecule has 1 aromatic carbocycles. The fourth-order valence-electron chi connectivity index (χ4n) is 4.19. The molecule has 6 heteroatoms. The second-order valence-electron chi connectivity index (χ2n) is 8.08. The van der Waals surface area contributed by atoms with Gasteiger partial charge in [-0.25, -0.2) is 4.98 Å². The average molecular weight is 435 g/mol. The van der Waals surface area contributed by atoms with Gasteiger partial charge in [0.1, 0.15) is 5.82 Å². The summed E-state index contributed by atoms with van der Waals surface area (Å²) in [5, 5.41) is 0.613. The van der Waals surface area contributed by atoms with Crippen molar-refractivity contribution in [2.75, 3.05) is 6.54 Å². The Morgan fingerprint density at radius 2 is 1.84 bits per heavy atom. The molecule has 3 rings (SSSR count). The highest BCUT2D eigenvalue weighted by Gasteiger charge is 2.28. The number of fused-ring (bicyclic) bond motifs is 1. The first-order valence-corrected chi connectivity index (χ1v) is 11.8. The highest BCUT2D eigenvalue weighted by molar-refractivity contribution is 5.78. The molecule has 1 unspecified atom stereocenters. The van der Waals surface area contributed by atoms with Crippen LogP contribution in [0.5, 0.6) is 0 Å². The van der Waals surface area contributed by atoms with Gasteiger partial charge in [0, 0.05) is 37.8 Å². The first kappa shape index (κ1) is 23.6. The average Bonchev–Trinajstić information content (AvgIpc) is 2.82. The van der Waals surface area contributed by atoms with Gasteiger partial charge in [-0.15, -0.1) is 0 Å². The number of carbonyl (C=O) groups is 1. The fourth-order valence-corrected chi connectivity index (χ4v) is 4.19. The van der Waals surface area contributed by atoms with E-state index in [0.29, 0.717) is 49.1 Å². The van der Waals surface area contributed by atoms with Crippen LogP contribution in [-0.4, -0.2) is 31.9 Å². The maximum atomic E-state index is 13.4. The van der Waals surface area contributed by atoms with E-state index < -0.39 is 0 Å². The van der Waals surface area contributed by atoms with Gasteiger partial charge in [-0.05, 0) is 44.0 Å². The quantitative estimate of drug-likeness (QED) is 0.402. The van der Waals surface area contributed by atoms with Gasteiger partial charge in [-0.2, -0.15) is 0 Å². The summed E-state index contributed by atoms with van der Waals surface area (Å²) in [6.45, 7) is 7.21. The van der Waals surface area contributed by atoms with Gasteiger partial charge >= 0.3 is 0 Å². The van der Waals surface area contributed by atoms with E-state index >= 15 is 0 Å². The van der Waals surface area contributed by atoms with Crippen LogP contribution in [0.4, 0.5) is 0 Å². The Hall–Kier alpha value is -3.02. The van der Waals surface area contributed by atoms with Gasteiger partial charge in [0.25, 0.3) is 5.56 Å². The number of hydrogen-bond acceptors (Lipinski definition) is 4. The van der Waals surface area contributed by atoms with E-state index in [1.165, 1.54) is 0 Å². The summed E-state index contributed by atoms with van der Waals surface area (Å²) in [7, 11) is 0. The molecule has 170 valence electrons. The molecule has 2 heterocycles. The SMILES string of the molecule is CCCCCC(=O)N(CCc1ccccn1)C(CC)c1nc2ccccc2c(=O)n1CC. The normalized spacial score (nSPS) is 12.1. The van der Waals surface area contributed by atoms with Crippen LogP contribution in [0.25, 0.3) is 10.9 Å². The molecule has 0 aliphatic carbocycles. The molecular formula is C26H34N4O2. The van der Waals surface area contributed by atoms with Gasteiger partial charge in [-0.1, -0.05) is 44.9 Å². The van der Waals surface area contributed by atoms with Crippen LogP contribution in [0.2, 0.25) is 0 Å². The van der Waals surface area contributed by atoms with Crippen LogP contribution >= 0.6 is 0 Å². The number of hydrogen-bond donors (Lipinski definition) is 0. The third-order valence-electron chi connectivity index (χ3n) is 5.92. The van der Waals surface area contributed by atoms with Crippen molar-refractivity contribution >= 4 is 16.8 Å². The van der Waals surface area contributed by atoms with E-state index in [1.54, 1.807) is 10.8 Å². The van der Waals surface area contributed by atoms with Crippen molar-refractivity contribution in [2.24, 2.45) is 0 Å². The predicted octanol–water partition coefficient (Wildman–Crippen LogP) is 4.91. The zero-order valence-corrected chi connectivity index (χ0v) is 19.5. The lowest BCUT2D eigenvalue weighted by atomic mass is 10.1. The van der Waals surface area contributed by atoms with Crippen molar-refractivity contribution in [1.29, 1.82) is 0 Å². The highest BCUT2D eigenvalue weighted by atomic mass is 16.2. The number of carbonyl (C=O) groups excluding carboxylic acids is 1. The van der Waals surface area contributed by atoms with Gasteiger partial charge in [0.2, 0.25) is 5.91 Å². The number of unbranched alkanes of at least 4 members (excludes halogenated alkanes) is 2. The van der Waals surface area contributed by atoms with Crippen LogP contribution in [0.15, 0.2) is 53.5 Å². The number of para-hydroxylation sites is 1. The number of pyridine rings is 1. The summed E-state index contributed by atoms with van der Waals surface area (Å²) in [6.07, 6.45) is 6.62. The van der Waals surface area contributed by atoms with Gasteiger partial charge in [0.05, 0.1) is 16.9 Å². The first-order valence-electron chi connectivity index (χ1n) is 11.8. The molecule has 0 saturated carbocycles. The van der Waals surface area contributed by atoms with Crippen molar-refractivity contribution in [3.8, 4) is 0 Å². The summed E-state index contributed by atoms with van der Waals surface area (Å²) in [5.41, 5.74) is 1.58. The number of benzene rings is 1. The van der Waals surface area contributed by atoms with Crippen molar-refractivity contribution in [1.82, 2.24) is 19.4 Å². The van der Waals surface area contributed by atoms with Crippen LogP contribution in [0.3, 0.4) is 0 Å². The molecule has 0 aliphatic rings. The summed E-state index contributed by atoms with van der Waals surface area (Å²) < 4.78 is 1.73. The molecule has 3 aromatic rings. The number of amides is 1. The van der Waals surface area contributed by atoms with Gasteiger partial charge in [-0.3, -0.25) is 19.1 Å². The minimum Gasteiger partial charge on any atom is -0.332 e. The van der Waals surface area contributed by atoms with Crippen molar-refractivity contribution < 1.29 is 4.79 Å². The van der Waals surface area contributed by atoms with E-state index in [1.807, 2.05) is 54.3 Å². The molecule has 6 nitrogen and oxygen atoms in total. The van der Waals surface area contributed by atoms with Crippen molar-refractivity contribution in [2.45, 2.75) is 71.9 Å². The monoisotopic (exact) mass is 434 g/mol. The first-order chi connectivity index (χ1) is 15.6. The van der Waals surface area contributed by atoms with Gasteiger partial charge in [0.15, 0.2) is 0 Å². The van der Waals surface area contributed by atoms with Gasteiger partial charge < -0.3 is 4.90 Å². The topological polar surface area (TPSA) is 68.1 Å². The Morgan fingerprint density at radius 3 is 2.53 bits per heavy atom. The standard InChI is InChI=1S/C26H34N4O2/c1-4-7-8-16-24(31)30(19-17-20-13-11-12-18-27-20)23(5-2)25-28-22-15-10-9-14-21(22)26(32)29(25)6-3/h9-15,18,23H,4-8,16-17,19H2,1-3H3. The Bertz CT molecular complexity index is 1080. The van der Waals surface area contributed by atoms with E-state index in [2.05, 4.69) is 18.8 Å².